The summed E-state index contributed by atoms with van der Waals surface area (Å²) >= 11 is 0. The molecule has 1 aliphatic rings. The highest BCUT2D eigenvalue weighted by Gasteiger charge is 2.27. The number of hydrogen-bond acceptors (Lipinski definition) is 3. The monoisotopic (exact) mass is 344 g/mol. The third-order valence-corrected chi connectivity index (χ3v) is 5.17. The van der Waals surface area contributed by atoms with Crippen molar-refractivity contribution in [3.05, 3.63) is 53.6 Å². The van der Waals surface area contributed by atoms with Gasteiger partial charge < -0.3 is 4.90 Å². The molecule has 1 aromatic heterocycles. The van der Waals surface area contributed by atoms with E-state index in [1.165, 1.54) is 17.5 Å². The van der Waals surface area contributed by atoms with E-state index in [0.29, 0.717) is 12.0 Å². The van der Waals surface area contributed by atoms with Gasteiger partial charge in [-0.05, 0) is 48.6 Å². The van der Waals surface area contributed by atoms with Gasteiger partial charge in [0.2, 0.25) is 0 Å². The first-order chi connectivity index (χ1) is 12.1. The van der Waals surface area contributed by atoms with E-state index in [-0.39, 0.29) is 5.82 Å². The minimum absolute atomic E-state index is 0.162. The molecule has 0 saturated carbocycles. The first-order valence-corrected chi connectivity index (χ1v) is 9.30. The van der Waals surface area contributed by atoms with E-state index < -0.39 is 0 Å². The third-order valence-electron chi connectivity index (χ3n) is 5.17. The minimum Gasteiger partial charge on any atom is -0.301 e. The van der Waals surface area contributed by atoms with Gasteiger partial charge in [-0.3, -0.25) is 10.00 Å². The Morgan fingerprint density at radius 3 is 2.68 bits per heavy atom. The molecule has 1 unspecified atom stereocenters. The highest BCUT2D eigenvalue weighted by molar-refractivity contribution is 5.16. The Hall–Kier alpha value is -1.72. The second-order valence-electron chi connectivity index (χ2n) is 7.42. The molecule has 3 rings (SSSR count). The molecule has 0 radical (unpaired) electrons. The second kappa shape index (κ2) is 8.59. The van der Waals surface area contributed by atoms with Crippen molar-refractivity contribution in [3.8, 4) is 0 Å². The molecule has 1 atom stereocenters. The van der Waals surface area contributed by atoms with Gasteiger partial charge in [0, 0.05) is 38.4 Å². The van der Waals surface area contributed by atoms with Gasteiger partial charge in [-0.1, -0.05) is 26.0 Å². The number of benzene rings is 1. The van der Waals surface area contributed by atoms with E-state index in [1.807, 2.05) is 24.5 Å². The number of nitrogens with one attached hydrogen (secondary N) is 1. The molecular weight excluding hydrogens is 315 g/mol. The van der Waals surface area contributed by atoms with Crippen molar-refractivity contribution in [1.82, 2.24) is 20.0 Å². The molecule has 136 valence electrons. The van der Waals surface area contributed by atoms with Crippen LogP contribution in [0.15, 0.2) is 36.7 Å². The van der Waals surface area contributed by atoms with Crippen LogP contribution in [-0.2, 0) is 13.0 Å². The van der Waals surface area contributed by atoms with Gasteiger partial charge in [0.25, 0.3) is 0 Å². The van der Waals surface area contributed by atoms with Crippen LogP contribution in [0.25, 0.3) is 0 Å². The molecule has 2 heterocycles. The predicted octanol–water partition coefficient (Wildman–Crippen LogP) is 3.32. The Kier molecular flexibility index (Phi) is 6.21. The summed E-state index contributed by atoms with van der Waals surface area (Å²) < 4.78 is 13.2. The van der Waals surface area contributed by atoms with Crippen LogP contribution in [0.5, 0.6) is 0 Å². The van der Waals surface area contributed by atoms with Gasteiger partial charge in [0.15, 0.2) is 0 Å². The lowest BCUT2D eigenvalue weighted by Gasteiger charge is -2.34. The second-order valence-corrected chi connectivity index (χ2v) is 7.42. The lowest BCUT2D eigenvalue weighted by atomic mass is 10.0. The fraction of sp³-hybridized carbons (Fsp3) is 0.550. The zero-order valence-corrected chi connectivity index (χ0v) is 15.3. The molecule has 0 aliphatic carbocycles. The van der Waals surface area contributed by atoms with Crippen LogP contribution in [-0.4, -0.2) is 52.2 Å². The third kappa shape index (κ3) is 5.13. The summed E-state index contributed by atoms with van der Waals surface area (Å²) in [5.41, 5.74) is 2.47. The fourth-order valence-electron chi connectivity index (χ4n) is 3.69. The summed E-state index contributed by atoms with van der Waals surface area (Å²) in [5, 5.41) is 6.93. The standard InChI is InChI=1S/C20H29FN4/c1-16(2)20-15-24(11-8-18-12-22-23-13-18)9-3-10-25(20)14-17-4-6-19(21)7-5-17/h4-7,12-13,16,20H,3,8-11,14-15H2,1-2H3,(H,22,23). The number of hydrogen-bond donors (Lipinski definition) is 1. The van der Waals surface area contributed by atoms with Gasteiger partial charge >= 0.3 is 0 Å². The molecule has 1 saturated heterocycles. The fourth-order valence-corrected chi connectivity index (χ4v) is 3.69. The molecule has 0 amide bonds. The Labute approximate surface area is 150 Å². The average Bonchev–Trinajstić information content (AvgIpc) is 3.03. The average molecular weight is 344 g/mol. The molecule has 5 heteroatoms. The maximum atomic E-state index is 13.2. The summed E-state index contributed by atoms with van der Waals surface area (Å²) in [6.07, 6.45) is 6.12. The van der Waals surface area contributed by atoms with Crippen molar-refractivity contribution in [2.75, 3.05) is 26.2 Å². The van der Waals surface area contributed by atoms with Crippen molar-refractivity contribution >= 4 is 0 Å². The largest absolute Gasteiger partial charge is 0.301 e. The highest BCUT2D eigenvalue weighted by Crippen LogP contribution is 2.20. The quantitative estimate of drug-likeness (QED) is 0.873. The first kappa shape index (κ1) is 18.1. The van der Waals surface area contributed by atoms with E-state index >= 15 is 0 Å². The topological polar surface area (TPSA) is 35.2 Å². The van der Waals surface area contributed by atoms with Crippen LogP contribution in [0.4, 0.5) is 4.39 Å². The Balaban J connectivity index is 1.62. The van der Waals surface area contributed by atoms with E-state index in [4.69, 9.17) is 0 Å². The number of nitrogens with zero attached hydrogens (tertiary/aromatic N) is 3. The zero-order valence-electron chi connectivity index (χ0n) is 15.3. The van der Waals surface area contributed by atoms with Crippen LogP contribution in [0.2, 0.25) is 0 Å². The first-order valence-electron chi connectivity index (χ1n) is 9.30. The van der Waals surface area contributed by atoms with Gasteiger partial charge in [0.05, 0.1) is 6.20 Å². The van der Waals surface area contributed by atoms with Crippen molar-refractivity contribution in [2.45, 2.75) is 39.3 Å². The van der Waals surface area contributed by atoms with Gasteiger partial charge in [-0.15, -0.1) is 0 Å². The summed E-state index contributed by atoms with van der Waals surface area (Å²) in [5.74, 6) is 0.431. The van der Waals surface area contributed by atoms with Crippen LogP contribution in [0.3, 0.4) is 0 Å². The number of aromatic nitrogens is 2. The highest BCUT2D eigenvalue weighted by atomic mass is 19.1. The molecule has 25 heavy (non-hydrogen) atoms. The molecule has 2 aromatic rings. The molecule has 1 fully saturated rings. The van der Waals surface area contributed by atoms with Crippen molar-refractivity contribution in [3.63, 3.8) is 0 Å². The number of rotatable bonds is 6. The Morgan fingerprint density at radius 2 is 2.00 bits per heavy atom. The lowest BCUT2D eigenvalue weighted by molar-refractivity contribution is 0.133. The molecule has 1 N–H and O–H groups in total. The van der Waals surface area contributed by atoms with Gasteiger partial charge in [-0.2, -0.15) is 5.10 Å². The molecule has 0 bridgehead atoms. The summed E-state index contributed by atoms with van der Waals surface area (Å²) in [6, 6.07) is 7.48. The van der Waals surface area contributed by atoms with Crippen molar-refractivity contribution in [2.24, 2.45) is 5.92 Å². The molecule has 0 spiro atoms. The molecule has 1 aromatic carbocycles. The van der Waals surface area contributed by atoms with E-state index in [2.05, 4.69) is 33.8 Å². The van der Waals surface area contributed by atoms with Gasteiger partial charge in [0.1, 0.15) is 5.82 Å². The van der Waals surface area contributed by atoms with Crippen molar-refractivity contribution in [1.29, 1.82) is 0 Å². The predicted molar refractivity (Wildman–Crippen MR) is 98.8 cm³/mol. The van der Waals surface area contributed by atoms with Crippen LogP contribution < -0.4 is 0 Å². The lowest BCUT2D eigenvalue weighted by Crippen LogP contribution is -2.44. The number of H-pyrrole nitrogens is 1. The Morgan fingerprint density at radius 1 is 1.20 bits per heavy atom. The van der Waals surface area contributed by atoms with Crippen LogP contribution >= 0.6 is 0 Å². The van der Waals surface area contributed by atoms with E-state index in [1.54, 1.807) is 12.1 Å². The zero-order chi connectivity index (χ0) is 17.6. The minimum atomic E-state index is -0.162. The SMILES string of the molecule is CC(C)C1CN(CCc2cn[nH]c2)CCCN1Cc1ccc(F)cc1. The summed E-state index contributed by atoms with van der Waals surface area (Å²) in [7, 11) is 0. The summed E-state index contributed by atoms with van der Waals surface area (Å²) in [6.45, 7) is 9.93. The van der Waals surface area contributed by atoms with E-state index in [9.17, 15) is 4.39 Å². The maximum Gasteiger partial charge on any atom is 0.123 e. The number of aromatic amines is 1. The van der Waals surface area contributed by atoms with Crippen LogP contribution in [0, 0.1) is 11.7 Å². The number of halogens is 1. The Bertz CT molecular complexity index is 624. The maximum absolute atomic E-state index is 13.2. The smallest absolute Gasteiger partial charge is 0.123 e. The molecule has 1 aliphatic heterocycles. The van der Waals surface area contributed by atoms with E-state index in [0.717, 1.165) is 39.1 Å². The molecule has 4 nitrogen and oxygen atoms in total. The summed E-state index contributed by atoms with van der Waals surface area (Å²) in [4.78, 5) is 5.16. The molecular formula is C20H29FN4. The normalized spacial score (nSPS) is 20.1. The van der Waals surface area contributed by atoms with Gasteiger partial charge in [-0.25, -0.2) is 4.39 Å². The van der Waals surface area contributed by atoms with Crippen LogP contribution in [0.1, 0.15) is 31.4 Å². The van der Waals surface area contributed by atoms with Crippen molar-refractivity contribution < 1.29 is 4.39 Å².